The van der Waals surface area contributed by atoms with Gasteiger partial charge in [0.05, 0.1) is 25.2 Å². The first-order valence-electron chi connectivity index (χ1n) is 8.61. The van der Waals surface area contributed by atoms with Gasteiger partial charge in [-0.25, -0.2) is 9.07 Å². The Bertz CT molecular complexity index is 1060. The smallest absolute Gasteiger partial charge is 0.276 e. The molecule has 2 heterocycles. The Hall–Kier alpha value is -3.68. The molecule has 3 aromatic rings. The molecule has 1 saturated heterocycles. The van der Waals surface area contributed by atoms with Crippen LogP contribution in [0.3, 0.4) is 0 Å². The molecule has 8 heteroatoms. The summed E-state index contributed by atoms with van der Waals surface area (Å²) in [6.45, 7) is 0.124. The summed E-state index contributed by atoms with van der Waals surface area (Å²) >= 11 is 0. The minimum absolute atomic E-state index is 0.0137. The number of benzene rings is 2. The first-order chi connectivity index (χ1) is 13.5. The zero-order valence-electron chi connectivity index (χ0n) is 15.1. The summed E-state index contributed by atoms with van der Waals surface area (Å²) in [6.07, 6.45) is 0. The number of ether oxygens (including phenoxy) is 1. The van der Waals surface area contributed by atoms with Gasteiger partial charge in [-0.3, -0.25) is 9.59 Å². The lowest BCUT2D eigenvalue weighted by Crippen LogP contribution is -2.30. The molecular weight excluding hydrogens is 363 g/mol. The Labute approximate surface area is 160 Å². The van der Waals surface area contributed by atoms with E-state index in [1.165, 1.54) is 21.7 Å². The molecule has 7 nitrogen and oxygen atoms in total. The summed E-state index contributed by atoms with van der Waals surface area (Å²) in [5, 5.41) is 6.99. The van der Waals surface area contributed by atoms with Crippen molar-refractivity contribution in [2.75, 3.05) is 20.3 Å². The van der Waals surface area contributed by atoms with Crippen LogP contribution in [0.2, 0.25) is 0 Å². The molecule has 0 radical (unpaired) electrons. The summed E-state index contributed by atoms with van der Waals surface area (Å²) in [7, 11) is 1.56. The van der Waals surface area contributed by atoms with Crippen LogP contribution in [0.1, 0.15) is 10.5 Å². The van der Waals surface area contributed by atoms with E-state index in [4.69, 9.17) is 4.74 Å². The molecule has 1 aliphatic rings. The maximum absolute atomic E-state index is 13.8. The lowest BCUT2D eigenvalue weighted by molar-refractivity contribution is -0.118. The second-order valence-corrected chi connectivity index (χ2v) is 6.30. The molecule has 0 aliphatic carbocycles. The second-order valence-electron chi connectivity index (χ2n) is 6.30. The highest BCUT2D eigenvalue weighted by atomic mass is 19.1. The predicted octanol–water partition coefficient (Wildman–Crippen LogP) is 2.22. The van der Waals surface area contributed by atoms with Gasteiger partial charge < -0.3 is 15.0 Å². The highest BCUT2D eigenvalue weighted by Gasteiger charge is 2.27. The van der Waals surface area contributed by atoms with Gasteiger partial charge in [0.1, 0.15) is 18.1 Å². The van der Waals surface area contributed by atoms with E-state index in [2.05, 4.69) is 10.4 Å². The Kier molecular flexibility index (Phi) is 4.52. The normalized spacial score (nSPS) is 13.5. The fourth-order valence-electron chi connectivity index (χ4n) is 3.05. The van der Waals surface area contributed by atoms with E-state index < -0.39 is 5.82 Å². The summed E-state index contributed by atoms with van der Waals surface area (Å²) < 4.78 is 20.6. The Morgan fingerprint density at radius 2 is 2.00 bits per heavy atom. The van der Waals surface area contributed by atoms with Crippen LogP contribution in [-0.4, -0.2) is 46.8 Å². The number of aromatic nitrogens is 2. The fourth-order valence-corrected chi connectivity index (χ4v) is 3.05. The predicted molar refractivity (Wildman–Crippen MR) is 99.6 cm³/mol. The maximum atomic E-state index is 13.8. The van der Waals surface area contributed by atoms with Crippen molar-refractivity contribution >= 4 is 11.8 Å². The number of nitrogens with zero attached hydrogens (tertiary/aromatic N) is 3. The second kappa shape index (κ2) is 7.15. The Balaban J connectivity index is 1.82. The van der Waals surface area contributed by atoms with E-state index in [1.807, 2.05) is 18.2 Å². The topological polar surface area (TPSA) is 76.5 Å². The van der Waals surface area contributed by atoms with E-state index in [0.717, 1.165) is 5.56 Å². The molecule has 0 unspecified atom stereocenters. The molecule has 0 spiro atoms. The molecule has 0 atom stereocenters. The van der Waals surface area contributed by atoms with E-state index in [1.54, 1.807) is 31.4 Å². The molecule has 2 aromatic carbocycles. The van der Waals surface area contributed by atoms with E-state index in [9.17, 15) is 14.0 Å². The number of carbonyl (C=O) groups excluding carboxylic acids is 2. The average Bonchev–Trinajstić information content (AvgIpc) is 3.34. The van der Waals surface area contributed by atoms with Gasteiger partial charge in [-0.2, -0.15) is 5.10 Å². The number of amides is 2. The van der Waals surface area contributed by atoms with Gasteiger partial charge in [-0.05, 0) is 36.4 Å². The lowest BCUT2D eigenvalue weighted by Gasteiger charge is -2.10. The number of methoxy groups -OCH3 is 1. The summed E-state index contributed by atoms with van der Waals surface area (Å²) in [6, 6.07) is 14.9. The lowest BCUT2D eigenvalue weighted by atomic mass is 10.1. The number of hydrogen-bond donors (Lipinski definition) is 1. The number of hydrogen-bond acceptors (Lipinski definition) is 4. The molecule has 1 aromatic heterocycles. The summed E-state index contributed by atoms with van der Waals surface area (Å²) in [5.41, 5.74) is 2.00. The van der Waals surface area contributed by atoms with Gasteiger partial charge in [0.2, 0.25) is 5.91 Å². The van der Waals surface area contributed by atoms with Gasteiger partial charge in [0, 0.05) is 5.56 Å². The molecule has 4 rings (SSSR count). The van der Waals surface area contributed by atoms with Crippen LogP contribution in [0.25, 0.3) is 16.9 Å². The van der Waals surface area contributed by atoms with Crippen molar-refractivity contribution in [3.8, 4) is 22.7 Å². The van der Waals surface area contributed by atoms with Crippen LogP contribution in [0.5, 0.6) is 5.75 Å². The van der Waals surface area contributed by atoms with Gasteiger partial charge in [0.15, 0.2) is 5.69 Å². The molecule has 28 heavy (non-hydrogen) atoms. The molecule has 0 saturated carbocycles. The van der Waals surface area contributed by atoms with Crippen molar-refractivity contribution < 1.29 is 18.7 Å². The molecule has 142 valence electrons. The van der Waals surface area contributed by atoms with Crippen molar-refractivity contribution in [2.45, 2.75) is 0 Å². The van der Waals surface area contributed by atoms with Gasteiger partial charge >= 0.3 is 0 Å². The SMILES string of the molecule is COc1cccc(-c2cc(C(=O)N3CNC(=O)C3)nn2-c2cccc(F)c2)c1. The monoisotopic (exact) mass is 380 g/mol. The zero-order valence-corrected chi connectivity index (χ0v) is 15.1. The fraction of sp³-hybridized carbons (Fsp3) is 0.150. The van der Waals surface area contributed by atoms with Crippen molar-refractivity contribution in [1.29, 1.82) is 0 Å². The molecule has 1 N–H and O–H groups in total. The summed E-state index contributed by atoms with van der Waals surface area (Å²) in [5.74, 6) is -0.359. The van der Waals surface area contributed by atoms with Crippen molar-refractivity contribution in [3.63, 3.8) is 0 Å². The first kappa shape index (κ1) is 17.7. The third-order valence-corrected chi connectivity index (χ3v) is 4.44. The maximum Gasteiger partial charge on any atom is 0.276 e. The minimum Gasteiger partial charge on any atom is -0.497 e. The van der Waals surface area contributed by atoms with Crippen molar-refractivity contribution in [3.05, 3.63) is 66.1 Å². The zero-order chi connectivity index (χ0) is 19.7. The molecule has 0 bridgehead atoms. The Morgan fingerprint density at radius 3 is 2.71 bits per heavy atom. The van der Waals surface area contributed by atoms with Crippen LogP contribution in [0, 0.1) is 5.82 Å². The van der Waals surface area contributed by atoms with Crippen LogP contribution in [0.15, 0.2) is 54.6 Å². The standard InChI is InChI=1S/C20H17FN4O3/c1-28-16-7-2-4-13(8-16)18-10-17(20(27)24-11-19(26)22-12-24)23-25(18)15-6-3-5-14(21)9-15/h2-10H,11-12H2,1H3,(H,22,26). The third kappa shape index (κ3) is 3.32. The molecular formula is C20H17FN4O3. The molecule has 2 amide bonds. The van der Waals surface area contributed by atoms with Crippen LogP contribution in [0.4, 0.5) is 4.39 Å². The number of rotatable bonds is 4. The van der Waals surface area contributed by atoms with Gasteiger partial charge in [-0.1, -0.05) is 18.2 Å². The van der Waals surface area contributed by atoms with E-state index >= 15 is 0 Å². The van der Waals surface area contributed by atoms with E-state index in [0.29, 0.717) is 17.1 Å². The number of halogens is 1. The van der Waals surface area contributed by atoms with Crippen molar-refractivity contribution in [2.24, 2.45) is 0 Å². The first-order valence-corrected chi connectivity index (χ1v) is 8.61. The third-order valence-electron chi connectivity index (χ3n) is 4.44. The number of carbonyl (C=O) groups is 2. The summed E-state index contributed by atoms with van der Waals surface area (Å²) in [4.78, 5) is 25.6. The van der Waals surface area contributed by atoms with Gasteiger partial charge in [-0.15, -0.1) is 0 Å². The molecule has 1 aliphatic heterocycles. The largest absolute Gasteiger partial charge is 0.497 e. The van der Waals surface area contributed by atoms with Crippen molar-refractivity contribution in [1.82, 2.24) is 20.0 Å². The van der Waals surface area contributed by atoms with Crippen LogP contribution >= 0.6 is 0 Å². The molecule has 1 fully saturated rings. The highest BCUT2D eigenvalue weighted by molar-refractivity contribution is 5.97. The van der Waals surface area contributed by atoms with E-state index in [-0.39, 0.29) is 30.7 Å². The van der Waals surface area contributed by atoms with Crippen LogP contribution < -0.4 is 10.1 Å². The Morgan fingerprint density at radius 1 is 1.18 bits per heavy atom. The minimum atomic E-state index is -0.410. The number of nitrogens with one attached hydrogen (secondary N) is 1. The average molecular weight is 380 g/mol. The highest BCUT2D eigenvalue weighted by Crippen LogP contribution is 2.28. The van der Waals surface area contributed by atoms with Crippen LogP contribution in [-0.2, 0) is 4.79 Å². The quantitative estimate of drug-likeness (QED) is 0.753. The van der Waals surface area contributed by atoms with Gasteiger partial charge in [0.25, 0.3) is 5.91 Å².